The molecule has 2 N–H and O–H groups in total. The molecule has 0 saturated carbocycles. The van der Waals surface area contributed by atoms with Crippen molar-refractivity contribution in [3.05, 3.63) is 114 Å². The minimum Gasteiger partial charge on any atom is -0.267 e. The Morgan fingerprint density at radius 2 is 1.22 bits per heavy atom. The fourth-order valence-electron chi connectivity index (χ4n) is 3.38. The van der Waals surface area contributed by atoms with E-state index in [2.05, 4.69) is 36.2 Å². The van der Waals surface area contributed by atoms with Crippen molar-refractivity contribution in [1.82, 2.24) is 41.0 Å². The lowest BCUT2D eigenvalue weighted by molar-refractivity contribution is 0.0846. The van der Waals surface area contributed by atoms with Crippen molar-refractivity contribution < 1.29 is 9.59 Å². The third-order valence-electron chi connectivity index (χ3n) is 5.26. The first-order valence-electron chi connectivity index (χ1n) is 11.1. The normalized spacial score (nSPS) is 10.6. The van der Waals surface area contributed by atoms with Crippen molar-refractivity contribution in [1.29, 1.82) is 0 Å². The Bertz CT molecular complexity index is 1470. The highest BCUT2D eigenvalue weighted by Gasteiger charge is 2.11. The van der Waals surface area contributed by atoms with Gasteiger partial charge in [-0.2, -0.15) is 4.80 Å². The number of tetrazole rings is 1. The van der Waals surface area contributed by atoms with Gasteiger partial charge in [0.25, 0.3) is 11.8 Å². The number of carbonyl (C=O) groups excluding carboxylic acids is 2. The van der Waals surface area contributed by atoms with Crippen LogP contribution in [-0.2, 0) is 6.54 Å². The minimum absolute atomic E-state index is 0.223. The van der Waals surface area contributed by atoms with Crippen LogP contribution >= 0.6 is 0 Å². The Labute approximate surface area is 206 Å². The molecule has 0 bridgehead atoms. The van der Waals surface area contributed by atoms with Gasteiger partial charge in [0.15, 0.2) is 5.82 Å². The van der Waals surface area contributed by atoms with Crippen molar-refractivity contribution in [3.8, 4) is 22.8 Å². The number of hydrogen-bond acceptors (Lipinski definition) is 7. The van der Waals surface area contributed by atoms with Crippen molar-refractivity contribution in [2.75, 3.05) is 0 Å². The van der Waals surface area contributed by atoms with Crippen LogP contribution in [0.2, 0.25) is 0 Å². The topological polar surface area (TPSA) is 128 Å². The summed E-state index contributed by atoms with van der Waals surface area (Å²) in [6, 6.07) is 25.9. The van der Waals surface area contributed by atoms with Crippen LogP contribution in [0.3, 0.4) is 0 Å². The smallest absolute Gasteiger partial charge is 0.267 e. The van der Waals surface area contributed by atoms with Crippen LogP contribution in [-0.4, -0.2) is 42.0 Å². The molecule has 0 unspecified atom stereocenters. The molecule has 2 heterocycles. The molecule has 0 spiro atoms. The molecule has 36 heavy (non-hydrogen) atoms. The molecule has 5 aromatic rings. The van der Waals surface area contributed by atoms with E-state index in [9.17, 15) is 9.59 Å². The summed E-state index contributed by atoms with van der Waals surface area (Å²) in [4.78, 5) is 34.7. The van der Waals surface area contributed by atoms with Crippen LogP contribution in [0.25, 0.3) is 22.8 Å². The predicted molar refractivity (Wildman–Crippen MR) is 131 cm³/mol. The quantitative estimate of drug-likeness (QED) is 0.361. The van der Waals surface area contributed by atoms with Gasteiger partial charge in [0.2, 0.25) is 5.82 Å². The SMILES string of the molecule is O=C(NNC(=O)c1cnc(-c2ccccc2)nc1)c1ccc(Cn2nnc(-c3ccccc3)n2)cc1. The van der Waals surface area contributed by atoms with E-state index in [0.717, 1.165) is 16.7 Å². The highest BCUT2D eigenvalue weighted by atomic mass is 16.2. The lowest BCUT2D eigenvalue weighted by Gasteiger charge is -2.08. The van der Waals surface area contributed by atoms with Gasteiger partial charge in [0, 0.05) is 29.1 Å². The van der Waals surface area contributed by atoms with Gasteiger partial charge in [-0.05, 0) is 22.9 Å². The number of hydrazine groups is 1. The van der Waals surface area contributed by atoms with Gasteiger partial charge in [0.1, 0.15) is 0 Å². The monoisotopic (exact) mass is 476 g/mol. The maximum atomic E-state index is 12.5. The zero-order valence-electron chi connectivity index (χ0n) is 18.9. The number of nitrogens with zero attached hydrogens (tertiary/aromatic N) is 6. The van der Waals surface area contributed by atoms with Crippen molar-refractivity contribution in [3.63, 3.8) is 0 Å². The van der Waals surface area contributed by atoms with Crippen LogP contribution in [0.1, 0.15) is 26.3 Å². The van der Waals surface area contributed by atoms with Crippen molar-refractivity contribution in [2.24, 2.45) is 0 Å². The number of aromatic nitrogens is 6. The molecule has 0 saturated heterocycles. The molecule has 2 aromatic heterocycles. The summed E-state index contributed by atoms with van der Waals surface area (Å²) in [5, 5.41) is 12.6. The fraction of sp³-hybridized carbons (Fsp3) is 0.0385. The standard InChI is InChI=1S/C26H20N8O2/c35-25(30-31-26(36)22-15-27-23(28-16-22)19-7-3-1-4-8-19)21-13-11-18(12-14-21)17-34-32-24(29-33-34)20-9-5-2-6-10-20/h1-16H,17H2,(H,30,35)(H,31,36). The Balaban J connectivity index is 1.15. The van der Waals surface area contributed by atoms with Crippen LogP contribution in [0.4, 0.5) is 0 Å². The molecule has 5 rings (SSSR count). The minimum atomic E-state index is -0.522. The second kappa shape index (κ2) is 10.3. The summed E-state index contributed by atoms with van der Waals surface area (Å²) in [6.07, 6.45) is 2.82. The van der Waals surface area contributed by atoms with E-state index in [1.54, 1.807) is 24.3 Å². The van der Waals surface area contributed by atoms with Gasteiger partial charge >= 0.3 is 0 Å². The van der Waals surface area contributed by atoms with E-state index in [1.165, 1.54) is 17.2 Å². The fourth-order valence-corrected chi connectivity index (χ4v) is 3.38. The highest BCUT2D eigenvalue weighted by Crippen LogP contribution is 2.14. The van der Waals surface area contributed by atoms with Crippen LogP contribution < -0.4 is 10.9 Å². The molecule has 176 valence electrons. The molecule has 0 fully saturated rings. The molecule has 10 heteroatoms. The second-order valence-corrected chi connectivity index (χ2v) is 7.78. The molecule has 0 aliphatic carbocycles. The lowest BCUT2D eigenvalue weighted by atomic mass is 10.1. The van der Waals surface area contributed by atoms with Crippen molar-refractivity contribution in [2.45, 2.75) is 6.54 Å². The van der Waals surface area contributed by atoms with E-state index in [0.29, 0.717) is 23.8 Å². The first-order valence-corrected chi connectivity index (χ1v) is 11.1. The van der Waals surface area contributed by atoms with E-state index >= 15 is 0 Å². The first-order chi connectivity index (χ1) is 17.7. The Kier molecular flexibility index (Phi) is 6.48. The largest absolute Gasteiger partial charge is 0.272 e. The summed E-state index contributed by atoms with van der Waals surface area (Å²) in [5.41, 5.74) is 8.00. The third kappa shape index (κ3) is 5.28. The second-order valence-electron chi connectivity index (χ2n) is 7.78. The zero-order valence-corrected chi connectivity index (χ0v) is 18.9. The molecule has 10 nitrogen and oxygen atoms in total. The van der Waals surface area contributed by atoms with Gasteiger partial charge in [-0.1, -0.05) is 72.8 Å². The molecule has 3 aromatic carbocycles. The van der Waals surface area contributed by atoms with Crippen LogP contribution in [0.15, 0.2) is 97.3 Å². The van der Waals surface area contributed by atoms with Gasteiger partial charge in [0.05, 0.1) is 12.1 Å². The Hall–Kier alpha value is -5.25. The van der Waals surface area contributed by atoms with Crippen LogP contribution in [0.5, 0.6) is 0 Å². The number of amides is 2. The van der Waals surface area contributed by atoms with E-state index < -0.39 is 11.8 Å². The van der Waals surface area contributed by atoms with Gasteiger partial charge in [-0.25, -0.2) is 9.97 Å². The molecule has 0 radical (unpaired) electrons. The average molecular weight is 477 g/mol. The van der Waals surface area contributed by atoms with E-state index in [1.807, 2.05) is 60.7 Å². The van der Waals surface area contributed by atoms with Gasteiger partial charge in [-0.3, -0.25) is 20.4 Å². The molecular formula is C26H20N8O2. The maximum absolute atomic E-state index is 12.5. The van der Waals surface area contributed by atoms with Gasteiger partial charge in [-0.15, -0.1) is 10.2 Å². The predicted octanol–water partition coefficient (Wildman–Crippen LogP) is 2.92. The Morgan fingerprint density at radius 1 is 0.667 bits per heavy atom. The molecule has 0 aliphatic rings. The number of nitrogens with one attached hydrogen (secondary N) is 2. The number of carbonyl (C=O) groups is 2. The molecule has 2 amide bonds. The Morgan fingerprint density at radius 3 is 1.83 bits per heavy atom. The van der Waals surface area contributed by atoms with Crippen LogP contribution in [0, 0.1) is 0 Å². The summed E-state index contributed by atoms with van der Waals surface area (Å²) < 4.78 is 0. The van der Waals surface area contributed by atoms with E-state index in [-0.39, 0.29) is 5.56 Å². The molecule has 0 aliphatic heterocycles. The first kappa shape index (κ1) is 22.5. The molecular weight excluding hydrogens is 456 g/mol. The van der Waals surface area contributed by atoms with Gasteiger partial charge < -0.3 is 0 Å². The summed E-state index contributed by atoms with van der Waals surface area (Å²) in [7, 11) is 0. The highest BCUT2D eigenvalue weighted by molar-refractivity contribution is 5.98. The number of rotatable bonds is 6. The third-order valence-corrected chi connectivity index (χ3v) is 5.26. The average Bonchev–Trinajstić information content (AvgIpc) is 3.41. The number of benzene rings is 3. The summed E-state index contributed by atoms with van der Waals surface area (Å²) in [5.74, 6) is 0.0733. The summed E-state index contributed by atoms with van der Waals surface area (Å²) >= 11 is 0. The number of hydrogen-bond donors (Lipinski definition) is 2. The summed E-state index contributed by atoms with van der Waals surface area (Å²) in [6.45, 7) is 0.400. The lowest BCUT2D eigenvalue weighted by Crippen LogP contribution is -2.41. The molecule has 0 atom stereocenters. The maximum Gasteiger partial charge on any atom is 0.272 e. The van der Waals surface area contributed by atoms with Crippen molar-refractivity contribution >= 4 is 11.8 Å². The zero-order chi connectivity index (χ0) is 24.7. The van der Waals surface area contributed by atoms with E-state index in [4.69, 9.17) is 0 Å².